The van der Waals surface area contributed by atoms with Crippen molar-refractivity contribution >= 4 is 11.6 Å². The second kappa shape index (κ2) is 4.20. The third kappa shape index (κ3) is 3.49. The van der Waals surface area contributed by atoms with Crippen molar-refractivity contribution in [2.24, 2.45) is 0 Å². The zero-order valence-electron chi connectivity index (χ0n) is 7.56. The molecule has 8 heteroatoms. The molecule has 5 nitrogen and oxygen atoms in total. The van der Waals surface area contributed by atoms with E-state index in [1.165, 1.54) is 6.20 Å². The minimum absolute atomic E-state index is 0.0304. The molecule has 0 aliphatic rings. The van der Waals surface area contributed by atoms with Gasteiger partial charge in [-0.25, -0.2) is 0 Å². The number of H-pyrrole nitrogens is 1. The molecule has 1 aromatic rings. The lowest BCUT2D eigenvalue weighted by Crippen LogP contribution is -2.28. The van der Waals surface area contributed by atoms with E-state index < -0.39 is 25.0 Å². The molecular formula is C7H9F3N4O. The van der Waals surface area contributed by atoms with Crippen molar-refractivity contribution in [1.82, 2.24) is 15.5 Å². The molecule has 0 saturated carbocycles. The summed E-state index contributed by atoms with van der Waals surface area (Å²) in [5.74, 6) is -0.700. The number of aromatic nitrogens is 2. The first kappa shape index (κ1) is 11.3. The minimum Gasteiger partial charge on any atom is -0.396 e. The van der Waals surface area contributed by atoms with Gasteiger partial charge in [-0.15, -0.1) is 0 Å². The number of aromatic amines is 1. The van der Waals surface area contributed by atoms with Crippen molar-refractivity contribution in [3.05, 3.63) is 11.9 Å². The number of anilines is 1. The fraction of sp³-hybridized carbons (Fsp3) is 0.429. The Bertz CT molecular complexity index is 346. The molecule has 1 amide bonds. The maximum atomic E-state index is 11.7. The number of nitrogens with two attached hydrogens (primary N) is 1. The molecular weight excluding hydrogens is 213 g/mol. The van der Waals surface area contributed by atoms with Crippen LogP contribution in [0, 0.1) is 0 Å². The first-order chi connectivity index (χ1) is 6.90. The fourth-order valence-electron chi connectivity index (χ4n) is 0.883. The number of amides is 1. The number of nitrogen functional groups attached to an aromatic ring is 1. The van der Waals surface area contributed by atoms with Gasteiger partial charge >= 0.3 is 6.18 Å². The van der Waals surface area contributed by atoms with Crippen molar-refractivity contribution in [3.8, 4) is 0 Å². The Hall–Kier alpha value is -1.73. The van der Waals surface area contributed by atoms with Crippen LogP contribution in [0.15, 0.2) is 6.20 Å². The summed E-state index contributed by atoms with van der Waals surface area (Å²) in [5, 5.41) is 7.82. The average molecular weight is 222 g/mol. The Labute approximate surface area is 82.8 Å². The van der Waals surface area contributed by atoms with Crippen LogP contribution >= 0.6 is 0 Å². The van der Waals surface area contributed by atoms with Crippen LogP contribution in [0.2, 0.25) is 0 Å². The van der Waals surface area contributed by atoms with Gasteiger partial charge in [-0.3, -0.25) is 9.89 Å². The van der Waals surface area contributed by atoms with Crippen LogP contribution in [0.1, 0.15) is 16.9 Å². The lowest BCUT2D eigenvalue weighted by Gasteiger charge is -2.06. The Morgan fingerprint density at radius 3 is 2.73 bits per heavy atom. The number of carbonyl (C=O) groups excluding carboxylic acids is 1. The zero-order valence-corrected chi connectivity index (χ0v) is 7.56. The molecule has 0 atom stereocenters. The van der Waals surface area contributed by atoms with Gasteiger partial charge in [0.15, 0.2) is 0 Å². The van der Waals surface area contributed by atoms with Crippen LogP contribution in [0.25, 0.3) is 0 Å². The molecule has 1 heterocycles. The van der Waals surface area contributed by atoms with E-state index in [0.29, 0.717) is 0 Å². The van der Waals surface area contributed by atoms with Gasteiger partial charge in [0.05, 0.1) is 18.3 Å². The Morgan fingerprint density at radius 2 is 2.27 bits per heavy atom. The summed E-state index contributed by atoms with van der Waals surface area (Å²) in [6.45, 7) is -0.485. The number of hydrogen-bond acceptors (Lipinski definition) is 3. The molecule has 0 radical (unpaired) electrons. The number of rotatable bonds is 3. The third-order valence-electron chi connectivity index (χ3n) is 1.59. The van der Waals surface area contributed by atoms with Crippen LogP contribution in [0.3, 0.4) is 0 Å². The predicted molar refractivity (Wildman–Crippen MR) is 46.0 cm³/mol. The summed E-state index contributed by atoms with van der Waals surface area (Å²) in [7, 11) is 0. The normalized spacial score (nSPS) is 11.4. The van der Waals surface area contributed by atoms with E-state index >= 15 is 0 Å². The van der Waals surface area contributed by atoms with Crippen molar-refractivity contribution < 1.29 is 18.0 Å². The van der Waals surface area contributed by atoms with E-state index in [2.05, 4.69) is 15.5 Å². The second-order valence-electron chi connectivity index (χ2n) is 2.82. The largest absolute Gasteiger partial charge is 0.396 e. The Kier molecular flexibility index (Phi) is 3.17. The summed E-state index contributed by atoms with van der Waals surface area (Å²) in [4.78, 5) is 11.2. The summed E-state index contributed by atoms with van der Waals surface area (Å²) < 4.78 is 35.2. The highest BCUT2D eigenvalue weighted by molar-refractivity contribution is 5.96. The van der Waals surface area contributed by atoms with Gasteiger partial charge in [-0.05, 0) is 0 Å². The summed E-state index contributed by atoms with van der Waals surface area (Å²) in [5.41, 5.74) is 5.39. The summed E-state index contributed by atoms with van der Waals surface area (Å²) in [6, 6.07) is 0. The molecule has 1 aromatic heterocycles. The fourth-order valence-corrected chi connectivity index (χ4v) is 0.883. The molecule has 0 spiro atoms. The summed E-state index contributed by atoms with van der Waals surface area (Å²) >= 11 is 0. The van der Waals surface area contributed by atoms with Gasteiger partial charge in [-0.1, -0.05) is 0 Å². The smallest absolute Gasteiger partial charge is 0.390 e. The van der Waals surface area contributed by atoms with E-state index in [4.69, 9.17) is 5.73 Å². The molecule has 4 N–H and O–H groups in total. The zero-order chi connectivity index (χ0) is 11.5. The lowest BCUT2D eigenvalue weighted by atomic mass is 10.3. The van der Waals surface area contributed by atoms with Gasteiger partial charge in [0.1, 0.15) is 5.69 Å². The van der Waals surface area contributed by atoms with Gasteiger partial charge in [-0.2, -0.15) is 18.3 Å². The highest BCUT2D eigenvalue weighted by Gasteiger charge is 2.26. The van der Waals surface area contributed by atoms with E-state index in [1.807, 2.05) is 0 Å². The van der Waals surface area contributed by atoms with Crippen molar-refractivity contribution in [1.29, 1.82) is 0 Å². The quantitative estimate of drug-likeness (QED) is 0.702. The molecule has 0 saturated heterocycles. The molecule has 84 valence electrons. The number of carbonyl (C=O) groups is 1. The second-order valence-corrected chi connectivity index (χ2v) is 2.82. The van der Waals surface area contributed by atoms with Gasteiger partial charge < -0.3 is 11.1 Å². The SMILES string of the molecule is Nc1cn[nH]c1C(=O)NCCC(F)(F)F. The van der Waals surface area contributed by atoms with Crippen molar-refractivity contribution in [2.45, 2.75) is 12.6 Å². The van der Waals surface area contributed by atoms with Gasteiger partial charge in [0, 0.05) is 6.54 Å². The summed E-state index contributed by atoms with van der Waals surface area (Å²) in [6.07, 6.45) is -4.15. The maximum Gasteiger partial charge on any atom is 0.390 e. The topological polar surface area (TPSA) is 83.8 Å². The number of halogens is 3. The molecule has 0 aliphatic heterocycles. The monoisotopic (exact) mass is 222 g/mol. The molecule has 0 aromatic carbocycles. The average Bonchev–Trinajstić information content (AvgIpc) is 2.48. The van der Waals surface area contributed by atoms with E-state index in [9.17, 15) is 18.0 Å². The van der Waals surface area contributed by atoms with Gasteiger partial charge in [0.2, 0.25) is 0 Å². The first-order valence-corrected chi connectivity index (χ1v) is 4.04. The molecule has 1 rings (SSSR count). The number of alkyl halides is 3. The van der Waals surface area contributed by atoms with Crippen LogP contribution in [-0.2, 0) is 0 Å². The van der Waals surface area contributed by atoms with E-state index in [-0.39, 0.29) is 11.4 Å². The van der Waals surface area contributed by atoms with Crippen LogP contribution in [0.4, 0.5) is 18.9 Å². The van der Waals surface area contributed by atoms with Crippen LogP contribution < -0.4 is 11.1 Å². The highest BCUT2D eigenvalue weighted by atomic mass is 19.4. The molecule has 0 bridgehead atoms. The predicted octanol–water partition coefficient (Wildman–Crippen LogP) is 0.674. The Morgan fingerprint density at radius 1 is 1.60 bits per heavy atom. The third-order valence-corrected chi connectivity index (χ3v) is 1.59. The standard InChI is InChI=1S/C7H9F3N4O/c8-7(9,10)1-2-12-6(15)5-4(11)3-13-14-5/h3H,1-2,11H2,(H,12,15)(H,13,14). The number of hydrogen-bond donors (Lipinski definition) is 3. The van der Waals surface area contributed by atoms with E-state index in [1.54, 1.807) is 0 Å². The molecule has 0 fully saturated rings. The molecule has 15 heavy (non-hydrogen) atoms. The van der Waals surface area contributed by atoms with Gasteiger partial charge in [0.25, 0.3) is 5.91 Å². The molecule has 0 aliphatic carbocycles. The number of nitrogens with zero attached hydrogens (tertiary/aromatic N) is 1. The van der Waals surface area contributed by atoms with Crippen LogP contribution in [-0.4, -0.2) is 28.8 Å². The molecule has 0 unspecified atom stereocenters. The Balaban J connectivity index is 2.41. The maximum absolute atomic E-state index is 11.7. The van der Waals surface area contributed by atoms with Crippen LogP contribution in [0.5, 0.6) is 0 Å². The number of nitrogens with one attached hydrogen (secondary N) is 2. The lowest BCUT2D eigenvalue weighted by molar-refractivity contribution is -0.132. The minimum atomic E-state index is -4.28. The van der Waals surface area contributed by atoms with Crippen molar-refractivity contribution in [3.63, 3.8) is 0 Å². The highest BCUT2D eigenvalue weighted by Crippen LogP contribution is 2.18. The van der Waals surface area contributed by atoms with E-state index in [0.717, 1.165) is 0 Å². The first-order valence-electron chi connectivity index (χ1n) is 4.04. The van der Waals surface area contributed by atoms with Crippen molar-refractivity contribution in [2.75, 3.05) is 12.3 Å².